The summed E-state index contributed by atoms with van der Waals surface area (Å²) in [4.78, 5) is 19.9. The Labute approximate surface area is 109 Å². The lowest BCUT2D eigenvalue weighted by molar-refractivity contribution is 0.100. The van der Waals surface area contributed by atoms with E-state index in [0.29, 0.717) is 5.56 Å². The van der Waals surface area contributed by atoms with Gasteiger partial charge in [-0.3, -0.25) is 14.8 Å². The van der Waals surface area contributed by atoms with Gasteiger partial charge in [-0.15, -0.1) is 0 Å². The smallest absolute Gasteiger partial charge is 0.249 e. The first kappa shape index (κ1) is 11.3. The van der Waals surface area contributed by atoms with Gasteiger partial charge in [0.2, 0.25) is 5.91 Å². The Balaban J connectivity index is 2.22. The lowest BCUT2D eigenvalue weighted by Crippen LogP contribution is -2.12. The number of carbonyl (C=O) groups excluding carboxylic acids is 1. The largest absolute Gasteiger partial charge is 0.366 e. The molecule has 3 rings (SSSR count). The number of aromatic nitrogens is 2. The van der Waals surface area contributed by atoms with Gasteiger partial charge in [0.15, 0.2) is 0 Å². The maximum Gasteiger partial charge on any atom is 0.249 e. The summed E-state index contributed by atoms with van der Waals surface area (Å²) in [5.74, 6) is -0.435. The SMILES string of the molecule is NC(=O)c1ccccc1-c1ccc2nccnc2c1. The molecule has 0 fully saturated rings. The van der Waals surface area contributed by atoms with Gasteiger partial charge in [0.05, 0.1) is 11.0 Å². The zero-order chi connectivity index (χ0) is 13.2. The van der Waals surface area contributed by atoms with E-state index >= 15 is 0 Å². The van der Waals surface area contributed by atoms with E-state index in [9.17, 15) is 4.79 Å². The summed E-state index contributed by atoms with van der Waals surface area (Å²) < 4.78 is 0. The summed E-state index contributed by atoms with van der Waals surface area (Å²) in [5, 5.41) is 0. The van der Waals surface area contributed by atoms with Crippen molar-refractivity contribution in [1.82, 2.24) is 9.97 Å². The highest BCUT2D eigenvalue weighted by Gasteiger charge is 2.09. The first-order chi connectivity index (χ1) is 9.25. The van der Waals surface area contributed by atoms with Gasteiger partial charge in [-0.05, 0) is 29.3 Å². The van der Waals surface area contributed by atoms with Crippen LogP contribution in [-0.2, 0) is 0 Å². The molecule has 0 spiro atoms. The van der Waals surface area contributed by atoms with E-state index in [1.54, 1.807) is 24.5 Å². The quantitative estimate of drug-likeness (QED) is 0.758. The van der Waals surface area contributed by atoms with Crippen LogP contribution in [0.2, 0.25) is 0 Å². The van der Waals surface area contributed by atoms with Crippen LogP contribution in [0, 0.1) is 0 Å². The lowest BCUT2D eigenvalue weighted by Gasteiger charge is -2.07. The van der Waals surface area contributed by atoms with Crippen molar-refractivity contribution >= 4 is 16.9 Å². The summed E-state index contributed by atoms with van der Waals surface area (Å²) >= 11 is 0. The number of rotatable bonds is 2. The molecule has 2 N–H and O–H groups in total. The van der Waals surface area contributed by atoms with Crippen molar-refractivity contribution in [3.8, 4) is 11.1 Å². The van der Waals surface area contributed by atoms with E-state index in [1.165, 1.54) is 0 Å². The van der Waals surface area contributed by atoms with Gasteiger partial charge < -0.3 is 5.73 Å². The number of hydrogen-bond donors (Lipinski definition) is 1. The fraction of sp³-hybridized carbons (Fsp3) is 0. The molecule has 0 saturated carbocycles. The molecule has 4 nitrogen and oxygen atoms in total. The standard InChI is InChI=1S/C15H11N3O/c16-15(19)12-4-2-1-3-11(12)10-5-6-13-14(9-10)18-8-7-17-13/h1-9H,(H2,16,19). The van der Waals surface area contributed by atoms with Crippen LogP contribution in [0.5, 0.6) is 0 Å². The van der Waals surface area contributed by atoms with E-state index in [4.69, 9.17) is 5.73 Å². The van der Waals surface area contributed by atoms with Crippen LogP contribution in [0.4, 0.5) is 0 Å². The van der Waals surface area contributed by atoms with E-state index in [1.807, 2.05) is 30.3 Å². The number of nitrogens with zero attached hydrogens (tertiary/aromatic N) is 2. The molecule has 1 aromatic heterocycles. The Bertz CT molecular complexity index is 768. The second-order valence-corrected chi connectivity index (χ2v) is 4.17. The third kappa shape index (κ3) is 2.04. The number of benzene rings is 2. The molecule has 0 unspecified atom stereocenters. The van der Waals surface area contributed by atoms with Crippen molar-refractivity contribution in [2.24, 2.45) is 5.73 Å². The van der Waals surface area contributed by atoms with Crippen LogP contribution in [0.15, 0.2) is 54.9 Å². The molecule has 0 atom stereocenters. The molecule has 0 bridgehead atoms. The molecular formula is C15H11N3O. The topological polar surface area (TPSA) is 68.9 Å². The van der Waals surface area contributed by atoms with Gasteiger partial charge in [-0.25, -0.2) is 0 Å². The molecule has 0 aliphatic rings. The monoisotopic (exact) mass is 249 g/mol. The number of nitrogens with two attached hydrogens (primary N) is 1. The Morgan fingerprint density at radius 1 is 0.947 bits per heavy atom. The highest BCUT2D eigenvalue weighted by Crippen LogP contribution is 2.25. The van der Waals surface area contributed by atoms with Crippen molar-refractivity contribution in [3.63, 3.8) is 0 Å². The van der Waals surface area contributed by atoms with E-state index in [2.05, 4.69) is 9.97 Å². The minimum Gasteiger partial charge on any atom is -0.366 e. The maximum absolute atomic E-state index is 11.5. The van der Waals surface area contributed by atoms with Gasteiger partial charge in [-0.1, -0.05) is 24.3 Å². The van der Waals surface area contributed by atoms with Crippen molar-refractivity contribution in [2.75, 3.05) is 0 Å². The highest BCUT2D eigenvalue weighted by molar-refractivity contribution is 6.00. The Morgan fingerprint density at radius 3 is 2.47 bits per heavy atom. The number of fused-ring (bicyclic) bond motifs is 1. The lowest BCUT2D eigenvalue weighted by atomic mass is 9.99. The first-order valence-electron chi connectivity index (χ1n) is 5.86. The molecule has 0 saturated heterocycles. The fourth-order valence-corrected chi connectivity index (χ4v) is 2.08. The predicted molar refractivity (Wildman–Crippen MR) is 73.5 cm³/mol. The molecule has 0 aliphatic heterocycles. The second kappa shape index (κ2) is 4.49. The van der Waals surface area contributed by atoms with E-state index in [-0.39, 0.29) is 0 Å². The van der Waals surface area contributed by atoms with Crippen LogP contribution in [0.3, 0.4) is 0 Å². The van der Waals surface area contributed by atoms with Crippen LogP contribution in [0.1, 0.15) is 10.4 Å². The number of hydrogen-bond acceptors (Lipinski definition) is 3. The van der Waals surface area contributed by atoms with Crippen molar-refractivity contribution in [3.05, 3.63) is 60.4 Å². The molecule has 1 heterocycles. The summed E-state index contributed by atoms with van der Waals surface area (Å²) in [5.41, 5.74) is 9.23. The normalized spacial score (nSPS) is 10.5. The maximum atomic E-state index is 11.5. The van der Waals surface area contributed by atoms with Gasteiger partial charge in [0.25, 0.3) is 0 Å². The zero-order valence-electron chi connectivity index (χ0n) is 10.1. The van der Waals surface area contributed by atoms with Gasteiger partial charge >= 0.3 is 0 Å². The van der Waals surface area contributed by atoms with Gasteiger partial charge in [0, 0.05) is 18.0 Å². The molecule has 0 radical (unpaired) electrons. The fourth-order valence-electron chi connectivity index (χ4n) is 2.08. The van der Waals surface area contributed by atoms with Crippen molar-refractivity contribution in [1.29, 1.82) is 0 Å². The third-order valence-electron chi connectivity index (χ3n) is 2.97. The van der Waals surface area contributed by atoms with Gasteiger partial charge in [-0.2, -0.15) is 0 Å². The zero-order valence-corrected chi connectivity index (χ0v) is 10.1. The summed E-state index contributed by atoms with van der Waals surface area (Å²) in [6.07, 6.45) is 3.30. The van der Waals surface area contributed by atoms with Crippen LogP contribution in [-0.4, -0.2) is 15.9 Å². The average molecular weight is 249 g/mol. The molecule has 2 aromatic carbocycles. The third-order valence-corrected chi connectivity index (χ3v) is 2.97. The molecule has 4 heteroatoms. The van der Waals surface area contributed by atoms with Crippen molar-refractivity contribution < 1.29 is 4.79 Å². The number of primary amides is 1. The predicted octanol–water partition coefficient (Wildman–Crippen LogP) is 2.40. The molecule has 1 amide bonds. The minimum absolute atomic E-state index is 0.435. The minimum atomic E-state index is -0.435. The average Bonchev–Trinajstić information content (AvgIpc) is 2.46. The van der Waals surface area contributed by atoms with E-state index < -0.39 is 5.91 Å². The number of amides is 1. The molecule has 92 valence electrons. The Morgan fingerprint density at radius 2 is 1.68 bits per heavy atom. The summed E-state index contributed by atoms with van der Waals surface area (Å²) in [6.45, 7) is 0. The Hall–Kier alpha value is -2.75. The van der Waals surface area contributed by atoms with E-state index in [0.717, 1.165) is 22.2 Å². The number of carbonyl (C=O) groups is 1. The molecule has 0 aliphatic carbocycles. The van der Waals surface area contributed by atoms with Crippen molar-refractivity contribution in [2.45, 2.75) is 0 Å². The molecule has 19 heavy (non-hydrogen) atoms. The Kier molecular flexibility index (Phi) is 2.68. The molecule has 3 aromatic rings. The van der Waals surface area contributed by atoms with Crippen LogP contribution < -0.4 is 5.73 Å². The second-order valence-electron chi connectivity index (χ2n) is 4.17. The van der Waals surface area contributed by atoms with Crippen LogP contribution in [0.25, 0.3) is 22.2 Å². The summed E-state index contributed by atoms with van der Waals surface area (Å²) in [7, 11) is 0. The highest BCUT2D eigenvalue weighted by atomic mass is 16.1. The summed E-state index contributed by atoms with van der Waals surface area (Å²) in [6, 6.07) is 13.0. The van der Waals surface area contributed by atoms with Gasteiger partial charge in [0.1, 0.15) is 0 Å². The van der Waals surface area contributed by atoms with Crippen LogP contribution >= 0.6 is 0 Å². The molecular weight excluding hydrogens is 238 g/mol. The first-order valence-corrected chi connectivity index (χ1v) is 5.86.